The second-order valence-electron chi connectivity index (χ2n) is 8.35. The third-order valence-electron chi connectivity index (χ3n) is 5.75. The van der Waals surface area contributed by atoms with E-state index in [1.165, 1.54) is 11.3 Å². The van der Waals surface area contributed by atoms with Crippen molar-refractivity contribution in [2.24, 2.45) is 10.4 Å². The van der Waals surface area contributed by atoms with Gasteiger partial charge in [-0.2, -0.15) is 0 Å². The smallest absolute Gasteiger partial charge is 0.309 e. The molecule has 1 aromatic carbocycles. The Bertz CT molecular complexity index is 993. The van der Waals surface area contributed by atoms with Crippen LogP contribution in [0.2, 0.25) is 0 Å². The molecule has 0 unspecified atom stereocenters. The van der Waals surface area contributed by atoms with E-state index in [1.54, 1.807) is 37.4 Å². The van der Waals surface area contributed by atoms with Crippen LogP contribution in [0, 0.1) is 5.41 Å². The molecule has 30 heavy (non-hydrogen) atoms. The molecule has 9 heteroatoms. The lowest BCUT2D eigenvalue weighted by molar-refractivity contribution is -0.147. The minimum absolute atomic E-state index is 0.138. The summed E-state index contributed by atoms with van der Waals surface area (Å²) in [6, 6.07) is 5.00. The predicted octanol–water partition coefficient (Wildman–Crippen LogP) is 3.41. The number of carbonyl (C=O) groups is 1. The average molecular weight is 431 g/mol. The highest BCUT2D eigenvalue weighted by molar-refractivity contribution is 7.15. The Labute approximate surface area is 179 Å². The lowest BCUT2D eigenvalue weighted by Crippen LogP contribution is -2.49. The van der Waals surface area contributed by atoms with Gasteiger partial charge in [0.25, 0.3) is 0 Å². The Balaban J connectivity index is 1.53. The third-order valence-corrected chi connectivity index (χ3v) is 6.64. The van der Waals surface area contributed by atoms with E-state index in [2.05, 4.69) is 15.1 Å². The number of fused-ring (bicyclic) bond motifs is 2. The van der Waals surface area contributed by atoms with Crippen LogP contribution >= 0.6 is 11.3 Å². The zero-order valence-corrected chi connectivity index (χ0v) is 17.9. The number of phenols is 1. The van der Waals surface area contributed by atoms with Gasteiger partial charge in [-0.15, -0.1) is 11.3 Å². The first-order valence-electron chi connectivity index (χ1n) is 9.95. The number of nitrogens with zero attached hydrogens (tertiary/aromatic N) is 3. The van der Waals surface area contributed by atoms with Crippen molar-refractivity contribution in [1.82, 2.24) is 9.80 Å². The normalized spacial score (nSPS) is 16.9. The Morgan fingerprint density at radius 3 is 2.67 bits per heavy atom. The first kappa shape index (κ1) is 20.5. The summed E-state index contributed by atoms with van der Waals surface area (Å²) in [5.74, 6) is 0.234. The molecule has 160 valence electrons. The first-order valence-corrected chi connectivity index (χ1v) is 10.8. The van der Waals surface area contributed by atoms with Crippen LogP contribution in [-0.4, -0.2) is 69.6 Å². The van der Waals surface area contributed by atoms with Gasteiger partial charge in [-0.25, -0.2) is 4.99 Å². The van der Waals surface area contributed by atoms with E-state index >= 15 is 0 Å². The molecule has 0 amide bonds. The minimum Gasteiger partial charge on any atom is -0.508 e. The standard InChI is InChI=1S/C21H26N4O4S/c1-21(2,20(28)29)5-6-24-7-9-25(10-8-24)18-17-16(27)12-30-19(17)23-14-4-3-13(26)11-15(14)22-18/h3-4,11-12,23,26-27H,5-10H2,1-2H3,(H,28,29). The summed E-state index contributed by atoms with van der Waals surface area (Å²) in [6.45, 7) is 7.25. The maximum absolute atomic E-state index is 11.3. The Kier molecular flexibility index (Phi) is 5.33. The molecule has 0 radical (unpaired) electrons. The van der Waals surface area contributed by atoms with Crippen molar-refractivity contribution in [3.8, 4) is 11.5 Å². The molecule has 1 fully saturated rings. The summed E-state index contributed by atoms with van der Waals surface area (Å²) >= 11 is 1.42. The minimum atomic E-state index is -0.774. The number of aliphatic carboxylic acids is 1. The van der Waals surface area contributed by atoms with Crippen LogP contribution in [0.1, 0.15) is 25.8 Å². The molecule has 0 atom stereocenters. The summed E-state index contributed by atoms with van der Waals surface area (Å²) in [5, 5.41) is 35.5. The van der Waals surface area contributed by atoms with E-state index in [0.29, 0.717) is 23.5 Å². The van der Waals surface area contributed by atoms with Crippen LogP contribution in [0.5, 0.6) is 11.5 Å². The number of benzene rings is 1. The number of hydrogen-bond acceptors (Lipinski definition) is 8. The molecule has 2 aliphatic rings. The van der Waals surface area contributed by atoms with E-state index in [-0.39, 0.29) is 11.5 Å². The van der Waals surface area contributed by atoms with Crippen LogP contribution in [0.25, 0.3) is 0 Å². The van der Waals surface area contributed by atoms with Crippen LogP contribution < -0.4 is 5.32 Å². The van der Waals surface area contributed by atoms with E-state index in [4.69, 9.17) is 4.99 Å². The largest absolute Gasteiger partial charge is 0.508 e. The lowest BCUT2D eigenvalue weighted by atomic mass is 9.89. The Morgan fingerprint density at radius 1 is 1.23 bits per heavy atom. The van der Waals surface area contributed by atoms with Crippen molar-refractivity contribution < 1.29 is 20.1 Å². The SMILES string of the molecule is CC(C)(CCN1CCN(C2=Nc3cc(O)ccc3Nc3scc(O)c32)CC1)C(=O)O. The van der Waals surface area contributed by atoms with Crippen molar-refractivity contribution in [3.05, 3.63) is 29.1 Å². The maximum atomic E-state index is 11.3. The number of thiophene rings is 1. The number of piperazine rings is 1. The van der Waals surface area contributed by atoms with Crippen molar-refractivity contribution >= 4 is 39.5 Å². The molecule has 2 aromatic rings. The Hall–Kier alpha value is -2.78. The fourth-order valence-corrected chi connectivity index (χ4v) is 4.45. The molecule has 0 bridgehead atoms. The van der Waals surface area contributed by atoms with Gasteiger partial charge in [0.05, 0.1) is 22.4 Å². The average Bonchev–Trinajstić information content (AvgIpc) is 2.98. The van der Waals surface area contributed by atoms with Crippen LogP contribution in [0.4, 0.5) is 16.4 Å². The number of carboxylic acid groups (broad SMARTS) is 1. The number of amidine groups is 1. The highest BCUT2D eigenvalue weighted by Crippen LogP contribution is 2.43. The number of rotatable bonds is 4. The zero-order chi connectivity index (χ0) is 21.5. The highest BCUT2D eigenvalue weighted by Gasteiger charge is 2.31. The van der Waals surface area contributed by atoms with E-state index in [9.17, 15) is 20.1 Å². The Morgan fingerprint density at radius 2 is 1.97 bits per heavy atom. The molecule has 4 N–H and O–H groups in total. The van der Waals surface area contributed by atoms with Crippen LogP contribution in [-0.2, 0) is 4.79 Å². The van der Waals surface area contributed by atoms with Crippen LogP contribution in [0.3, 0.4) is 0 Å². The van der Waals surface area contributed by atoms with Gasteiger partial charge >= 0.3 is 5.97 Å². The topological polar surface area (TPSA) is 109 Å². The molecular formula is C21H26N4O4S. The molecule has 1 saturated heterocycles. The molecule has 1 aromatic heterocycles. The molecule has 4 rings (SSSR count). The molecule has 0 spiro atoms. The van der Waals surface area contributed by atoms with Crippen molar-refractivity contribution in [3.63, 3.8) is 0 Å². The molecule has 3 heterocycles. The maximum Gasteiger partial charge on any atom is 0.309 e. The first-order chi connectivity index (χ1) is 14.2. The van der Waals surface area contributed by atoms with Crippen molar-refractivity contribution in [2.45, 2.75) is 20.3 Å². The van der Waals surface area contributed by atoms with Crippen molar-refractivity contribution in [2.75, 3.05) is 38.0 Å². The summed E-state index contributed by atoms with van der Waals surface area (Å²) in [5.41, 5.74) is 1.34. The molecular weight excluding hydrogens is 404 g/mol. The monoisotopic (exact) mass is 430 g/mol. The molecule has 2 aliphatic heterocycles. The van der Waals surface area contributed by atoms with Gasteiger partial charge < -0.3 is 25.5 Å². The third kappa shape index (κ3) is 3.95. The van der Waals surface area contributed by atoms with Gasteiger partial charge in [0.2, 0.25) is 0 Å². The number of anilines is 2. The van der Waals surface area contributed by atoms with Gasteiger partial charge in [0, 0.05) is 37.6 Å². The van der Waals surface area contributed by atoms with Crippen molar-refractivity contribution in [1.29, 1.82) is 0 Å². The molecule has 0 aliphatic carbocycles. The second kappa shape index (κ2) is 7.81. The van der Waals surface area contributed by atoms with E-state index in [0.717, 1.165) is 43.4 Å². The van der Waals surface area contributed by atoms with Gasteiger partial charge in [-0.05, 0) is 38.9 Å². The van der Waals surface area contributed by atoms with E-state index < -0.39 is 11.4 Å². The fourth-order valence-electron chi connectivity index (χ4n) is 3.62. The van der Waals surface area contributed by atoms with Gasteiger partial charge in [-0.3, -0.25) is 9.69 Å². The number of carboxylic acids is 1. The predicted molar refractivity (Wildman–Crippen MR) is 118 cm³/mol. The summed E-state index contributed by atoms with van der Waals surface area (Å²) in [6.07, 6.45) is 0.593. The summed E-state index contributed by atoms with van der Waals surface area (Å²) in [7, 11) is 0. The number of aromatic hydroxyl groups is 2. The number of aliphatic imine (C=N–C) groups is 1. The summed E-state index contributed by atoms with van der Waals surface area (Å²) < 4.78 is 0. The van der Waals surface area contributed by atoms with Gasteiger partial charge in [0.1, 0.15) is 22.3 Å². The van der Waals surface area contributed by atoms with Crippen LogP contribution in [0.15, 0.2) is 28.6 Å². The number of phenolic OH excluding ortho intramolecular Hbond substituents is 1. The second-order valence-corrected chi connectivity index (χ2v) is 9.23. The fraction of sp³-hybridized carbons (Fsp3) is 0.429. The molecule has 8 nitrogen and oxygen atoms in total. The number of hydrogen-bond donors (Lipinski definition) is 4. The highest BCUT2D eigenvalue weighted by atomic mass is 32.1. The van der Waals surface area contributed by atoms with Gasteiger partial charge in [-0.1, -0.05) is 0 Å². The number of nitrogens with one attached hydrogen (secondary N) is 1. The summed E-state index contributed by atoms with van der Waals surface area (Å²) in [4.78, 5) is 20.6. The zero-order valence-electron chi connectivity index (χ0n) is 17.1. The molecule has 0 saturated carbocycles. The lowest BCUT2D eigenvalue weighted by Gasteiger charge is -2.37. The van der Waals surface area contributed by atoms with E-state index in [1.807, 2.05) is 0 Å². The quantitative estimate of drug-likeness (QED) is 0.551. The van der Waals surface area contributed by atoms with Gasteiger partial charge in [0.15, 0.2) is 0 Å².